The van der Waals surface area contributed by atoms with Crippen molar-refractivity contribution in [2.24, 2.45) is 16.8 Å². The van der Waals surface area contributed by atoms with Crippen molar-refractivity contribution in [3.63, 3.8) is 0 Å². The average Bonchev–Trinajstić information content (AvgIpc) is 2.98. The molecule has 0 bridgehead atoms. The largest absolute Gasteiger partial charge is 0.465 e. The van der Waals surface area contributed by atoms with E-state index in [-0.39, 0.29) is 17.7 Å². The Bertz CT molecular complexity index is 1000. The number of fused-ring (bicyclic) bond motifs is 2. The van der Waals surface area contributed by atoms with Gasteiger partial charge in [0.05, 0.1) is 12.3 Å². The standard InChI is InChI=1S/C24H23NO3/c1-14(2)13-28-24(27)19-15(3)25-22-17-11-7-8-12-18(17)23(26)21(22)20(19)16-9-5-4-6-10-16/h4-12,14,19-20H,13H2,1-3H3/t19?,20-/m1/s1. The van der Waals surface area contributed by atoms with Crippen LogP contribution in [0, 0.1) is 11.8 Å². The zero-order valence-electron chi connectivity index (χ0n) is 16.3. The molecule has 2 atom stereocenters. The van der Waals surface area contributed by atoms with Gasteiger partial charge < -0.3 is 4.74 Å². The van der Waals surface area contributed by atoms with Crippen molar-refractivity contribution in [3.8, 4) is 0 Å². The van der Waals surface area contributed by atoms with Crippen LogP contribution >= 0.6 is 0 Å². The highest BCUT2D eigenvalue weighted by molar-refractivity contribution is 6.24. The molecule has 0 saturated heterocycles. The summed E-state index contributed by atoms with van der Waals surface area (Å²) < 4.78 is 5.57. The summed E-state index contributed by atoms with van der Waals surface area (Å²) in [5.41, 5.74) is 4.41. The quantitative estimate of drug-likeness (QED) is 0.732. The van der Waals surface area contributed by atoms with Crippen LogP contribution in [0.3, 0.4) is 0 Å². The predicted molar refractivity (Wildman–Crippen MR) is 109 cm³/mol. The first-order chi connectivity index (χ1) is 13.5. The van der Waals surface area contributed by atoms with Crippen LogP contribution < -0.4 is 0 Å². The van der Waals surface area contributed by atoms with Crippen LogP contribution in [-0.4, -0.2) is 24.1 Å². The van der Waals surface area contributed by atoms with Gasteiger partial charge in [-0.15, -0.1) is 0 Å². The summed E-state index contributed by atoms with van der Waals surface area (Å²) in [6, 6.07) is 17.2. The number of nitrogens with zero attached hydrogens (tertiary/aromatic N) is 1. The van der Waals surface area contributed by atoms with E-state index in [1.165, 1.54) is 0 Å². The molecule has 4 rings (SSSR count). The molecule has 0 N–H and O–H groups in total. The van der Waals surface area contributed by atoms with E-state index in [0.717, 1.165) is 11.1 Å². The Labute approximate surface area is 164 Å². The van der Waals surface area contributed by atoms with Gasteiger partial charge in [-0.05, 0) is 18.4 Å². The van der Waals surface area contributed by atoms with Crippen molar-refractivity contribution in [3.05, 3.63) is 76.9 Å². The average molecular weight is 373 g/mol. The minimum absolute atomic E-state index is 0.0441. The fourth-order valence-electron chi connectivity index (χ4n) is 4.01. The molecule has 0 spiro atoms. The molecule has 0 aromatic heterocycles. The molecule has 1 aliphatic heterocycles. The van der Waals surface area contributed by atoms with E-state index in [2.05, 4.69) is 0 Å². The Balaban J connectivity index is 1.84. The Kier molecular flexibility index (Phi) is 4.71. The number of aliphatic imine (C=N–C) groups is 1. The Morgan fingerprint density at radius 2 is 1.68 bits per heavy atom. The lowest BCUT2D eigenvalue weighted by atomic mass is 9.75. The summed E-state index contributed by atoms with van der Waals surface area (Å²) in [5.74, 6) is -1.12. The fraction of sp³-hybridized carbons (Fsp3) is 0.292. The lowest BCUT2D eigenvalue weighted by Gasteiger charge is -2.30. The molecule has 1 heterocycles. The summed E-state index contributed by atoms with van der Waals surface area (Å²) in [7, 11) is 0. The molecule has 0 saturated carbocycles. The normalized spacial score (nSPS) is 20.7. The van der Waals surface area contributed by atoms with Crippen molar-refractivity contribution in [2.45, 2.75) is 26.7 Å². The van der Waals surface area contributed by atoms with Gasteiger partial charge in [-0.25, -0.2) is 0 Å². The molecule has 4 heteroatoms. The van der Waals surface area contributed by atoms with E-state index in [4.69, 9.17) is 9.73 Å². The number of ether oxygens (including phenoxy) is 1. The first kappa shape index (κ1) is 18.4. The van der Waals surface area contributed by atoms with Gasteiger partial charge in [0.2, 0.25) is 0 Å². The number of allylic oxidation sites excluding steroid dienone is 1. The Morgan fingerprint density at radius 3 is 2.36 bits per heavy atom. The SMILES string of the molecule is CC1=NC2=C(C(=O)c3ccccc32)[C@H](c2ccccc2)C1C(=O)OCC(C)C. The number of Topliss-reactive ketones (excluding diaryl/α,β-unsaturated/α-hetero) is 1. The van der Waals surface area contributed by atoms with Gasteiger partial charge in [-0.1, -0.05) is 68.4 Å². The number of rotatable bonds is 4. The van der Waals surface area contributed by atoms with Gasteiger partial charge in [-0.2, -0.15) is 0 Å². The van der Waals surface area contributed by atoms with Crippen LogP contribution in [0.2, 0.25) is 0 Å². The maximum absolute atomic E-state index is 13.3. The summed E-state index contributed by atoms with van der Waals surface area (Å²) in [4.78, 5) is 31.0. The molecule has 1 aliphatic carbocycles. The highest BCUT2D eigenvalue weighted by Crippen LogP contribution is 2.47. The Morgan fingerprint density at radius 1 is 1.04 bits per heavy atom. The molecule has 0 radical (unpaired) electrons. The van der Waals surface area contributed by atoms with Crippen molar-refractivity contribution in [1.29, 1.82) is 0 Å². The molecular formula is C24H23NO3. The van der Waals surface area contributed by atoms with Crippen molar-refractivity contribution in [1.82, 2.24) is 0 Å². The zero-order chi connectivity index (χ0) is 19.8. The van der Waals surface area contributed by atoms with E-state index in [0.29, 0.717) is 29.2 Å². The second-order valence-corrected chi connectivity index (χ2v) is 7.78. The van der Waals surface area contributed by atoms with Crippen LogP contribution in [-0.2, 0) is 9.53 Å². The number of ketones is 1. The Hall–Kier alpha value is -3.01. The van der Waals surface area contributed by atoms with Crippen molar-refractivity contribution < 1.29 is 14.3 Å². The first-order valence-electron chi connectivity index (χ1n) is 9.64. The maximum Gasteiger partial charge on any atom is 0.315 e. The van der Waals surface area contributed by atoms with Gasteiger partial charge in [0.15, 0.2) is 5.78 Å². The summed E-state index contributed by atoms with van der Waals surface area (Å²) in [6.07, 6.45) is 0. The lowest BCUT2D eigenvalue weighted by Crippen LogP contribution is -2.35. The number of carbonyl (C=O) groups is 2. The summed E-state index contributed by atoms with van der Waals surface area (Å²) in [5, 5.41) is 0. The van der Waals surface area contributed by atoms with E-state index < -0.39 is 11.8 Å². The molecule has 4 nitrogen and oxygen atoms in total. The molecule has 0 fully saturated rings. The summed E-state index contributed by atoms with van der Waals surface area (Å²) in [6.45, 7) is 6.21. The molecule has 2 aromatic carbocycles. The number of hydrogen-bond donors (Lipinski definition) is 0. The highest BCUT2D eigenvalue weighted by atomic mass is 16.5. The topological polar surface area (TPSA) is 55.7 Å². The minimum Gasteiger partial charge on any atom is -0.465 e. The van der Waals surface area contributed by atoms with E-state index >= 15 is 0 Å². The lowest BCUT2D eigenvalue weighted by molar-refractivity contribution is -0.147. The second-order valence-electron chi connectivity index (χ2n) is 7.78. The van der Waals surface area contributed by atoms with Crippen molar-refractivity contribution in [2.75, 3.05) is 6.61 Å². The molecule has 2 aliphatic rings. The molecule has 2 aromatic rings. The van der Waals surface area contributed by atoms with Gasteiger partial charge >= 0.3 is 5.97 Å². The monoisotopic (exact) mass is 373 g/mol. The van der Waals surface area contributed by atoms with E-state index in [1.54, 1.807) is 0 Å². The van der Waals surface area contributed by atoms with Crippen LogP contribution in [0.1, 0.15) is 48.2 Å². The highest BCUT2D eigenvalue weighted by Gasteiger charge is 2.46. The first-order valence-corrected chi connectivity index (χ1v) is 9.64. The summed E-state index contributed by atoms with van der Waals surface area (Å²) >= 11 is 0. The van der Waals surface area contributed by atoms with E-state index in [9.17, 15) is 9.59 Å². The van der Waals surface area contributed by atoms with E-state index in [1.807, 2.05) is 75.4 Å². The third-order valence-corrected chi connectivity index (χ3v) is 5.28. The van der Waals surface area contributed by atoms with Crippen LogP contribution in [0.25, 0.3) is 5.70 Å². The van der Waals surface area contributed by atoms with Crippen LogP contribution in [0.5, 0.6) is 0 Å². The van der Waals surface area contributed by atoms with Gasteiger partial charge in [0, 0.05) is 28.3 Å². The third kappa shape index (κ3) is 2.99. The number of esters is 1. The maximum atomic E-state index is 13.3. The third-order valence-electron chi connectivity index (χ3n) is 5.28. The molecular weight excluding hydrogens is 350 g/mol. The molecule has 28 heavy (non-hydrogen) atoms. The van der Waals surface area contributed by atoms with Crippen LogP contribution in [0.15, 0.2) is 65.2 Å². The fourth-order valence-corrected chi connectivity index (χ4v) is 4.01. The molecule has 142 valence electrons. The van der Waals surface area contributed by atoms with Gasteiger partial charge in [0.25, 0.3) is 0 Å². The predicted octanol–water partition coefficient (Wildman–Crippen LogP) is 4.67. The number of carbonyl (C=O) groups excluding carboxylic acids is 2. The van der Waals surface area contributed by atoms with Crippen LogP contribution in [0.4, 0.5) is 0 Å². The van der Waals surface area contributed by atoms with Gasteiger partial charge in [0.1, 0.15) is 5.92 Å². The number of hydrogen-bond acceptors (Lipinski definition) is 4. The number of benzene rings is 2. The molecule has 1 unspecified atom stereocenters. The zero-order valence-corrected chi connectivity index (χ0v) is 16.3. The van der Waals surface area contributed by atoms with Crippen molar-refractivity contribution >= 4 is 23.2 Å². The second kappa shape index (κ2) is 7.19. The van der Waals surface area contributed by atoms with Gasteiger partial charge in [-0.3, -0.25) is 14.6 Å². The molecule has 0 amide bonds. The minimum atomic E-state index is -0.599. The smallest absolute Gasteiger partial charge is 0.315 e.